The Kier molecular flexibility index (Phi) is 4.76. The SMILES string of the molecule is Cc1ncc(F)c2c1CC(CN(CC(O)[C@H]1CNC(=O)O1)C(=O)O)C2. The molecule has 1 aliphatic carbocycles. The van der Waals surface area contributed by atoms with Crippen LogP contribution in [0.4, 0.5) is 14.0 Å². The topological polar surface area (TPSA) is 112 Å². The molecule has 1 fully saturated rings. The molecule has 0 saturated carbocycles. The van der Waals surface area contributed by atoms with Gasteiger partial charge in [0, 0.05) is 12.2 Å². The number of rotatable bonds is 5. The minimum Gasteiger partial charge on any atom is -0.465 e. The van der Waals surface area contributed by atoms with Crippen molar-refractivity contribution in [3.05, 3.63) is 28.8 Å². The van der Waals surface area contributed by atoms with Crippen molar-refractivity contribution in [3.63, 3.8) is 0 Å². The lowest BCUT2D eigenvalue weighted by Gasteiger charge is -2.26. The van der Waals surface area contributed by atoms with Crippen LogP contribution in [0.1, 0.15) is 16.8 Å². The van der Waals surface area contributed by atoms with Crippen LogP contribution in [0.3, 0.4) is 0 Å². The summed E-state index contributed by atoms with van der Waals surface area (Å²) in [7, 11) is 0. The summed E-state index contributed by atoms with van der Waals surface area (Å²) in [6.07, 6.45) is -1.54. The van der Waals surface area contributed by atoms with E-state index >= 15 is 0 Å². The number of halogens is 1. The van der Waals surface area contributed by atoms with Gasteiger partial charge in [-0.2, -0.15) is 0 Å². The fourth-order valence-electron chi connectivity index (χ4n) is 3.45. The zero-order valence-corrected chi connectivity index (χ0v) is 13.7. The highest BCUT2D eigenvalue weighted by atomic mass is 19.1. The summed E-state index contributed by atoms with van der Waals surface area (Å²) in [5.41, 5.74) is 2.19. The molecule has 3 rings (SSSR count). The maximum absolute atomic E-state index is 13.9. The first kappa shape index (κ1) is 17.4. The number of amides is 2. The van der Waals surface area contributed by atoms with Crippen LogP contribution in [-0.2, 0) is 17.6 Å². The predicted octanol–water partition coefficient (Wildman–Crippen LogP) is 0.693. The zero-order valence-electron chi connectivity index (χ0n) is 13.7. The first-order chi connectivity index (χ1) is 11.8. The van der Waals surface area contributed by atoms with Gasteiger partial charge >= 0.3 is 12.2 Å². The summed E-state index contributed by atoms with van der Waals surface area (Å²) >= 11 is 0. The molecule has 3 N–H and O–H groups in total. The Hall–Kier alpha value is -2.42. The third kappa shape index (κ3) is 3.65. The van der Waals surface area contributed by atoms with Crippen molar-refractivity contribution in [1.29, 1.82) is 0 Å². The number of pyridine rings is 1. The standard InChI is InChI=1S/C16H20FN3O5/c1-8-10-2-9(3-11(10)12(17)4-18-8)6-20(16(23)24)7-13(21)14-5-19-15(22)25-14/h4,9,13-14,21H,2-3,5-7H2,1H3,(H,19,22)(H,23,24)/t9?,13?,14-/m1/s1. The van der Waals surface area contributed by atoms with Crippen LogP contribution in [-0.4, -0.2) is 64.1 Å². The highest BCUT2D eigenvalue weighted by molar-refractivity contribution is 5.69. The first-order valence-corrected chi connectivity index (χ1v) is 8.08. The number of alkyl carbamates (subject to hydrolysis) is 1. The van der Waals surface area contributed by atoms with Gasteiger partial charge in [-0.15, -0.1) is 0 Å². The molecule has 0 radical (unpaired) electrons. The van der Waals surface area contributed by atoms with Gasteiger partial charge in [-0.25, -0.2) is 14.0 Å². The smallest absolute Gasteiger partial charge is 0.407 e. The number of nitrogens with zero attached hydrogens (tertiary/aromatic N) is 2. The largest absolute Gasteiger partial charge is 0.465 e. The molecule has 0 aromatic carbocycles. The van der Waals surface area contributed by atoms with E-state index in [9.17, 15) is 24.2 Å². The molecule has 9 heteroatoms. The Labute approximate surface area is 143 Å². The van der Waals surface area contributed by atoms with E-state index in [0.717, 1.165) is 16.2 Å². The molecule has 0 spiro atoms. The first-order valence-electron chi connectivity index (χ1n) is 8.08. The molecule has 8 nitrogen and oxygen atoms in total. The number of hydrogen-bond acceptors (Lipinski definition) is 5. The summed E-state index contributed by atoms with van der Waals surface area (Å²) in [6, 6.07) is 0. The molecular weight excluding hydrogens is 333 g/mol. The number of nitrogens with one attached hydrogen (secondary N) is 1. The molecular formula is C16H20FN3O5. The maximum Gasteiger partial charge on any atom is 0.407 e. The van der Waals surface area contributed by atoms with E-state index < -0.39 is 24.4 Å². The van der Waals surface area contributed by atoms with Crippen molar-refractivity contribution in [2.24, 2.45) is 5.92 Å². The predicted molar refractivity (Wildman–Crippen MR) is 83.7 cm³/mol. The van der Waals surface area contributed by atoms with Gasteiger partial charge in [-0.1, -0.05) is 0 Å². The second-order valence-electron chi connectivity index (χ2n) is 6.50. The van der Waals surface area contributed by atoms with E-state index in [1.165, 1.54) is 6.20 Å². The highest BCUT2D eigenvalue weighted by Gasteiger charge is 2.34. The van der Waals surface area contributed by atoms with Crippen LogP contribution in [0.2, 0.25) is 0 Å². The molecule has 2 heterocycles. The van der Waals surface area contributed by atoms with Gasteiger partial charge in [-0.3, -0.25) is 4.98 Å². The van der Waals surface area contributed by atoms with Gasteiger partial charge in [0.1, 0.15) is 18.0 Å². The van der Waals surface area contributed by atoms with Crippen molar-refractivity contribution in [2.45, 2.75) is 32.0 Å². The molecule has 1 saturated heterocycles. The number of cyclic esters (lactones) is 1. The van der Waals surface area contributed by atoms with E-state index in [1.807, 2.05) is 0 Å². The zero-order chi connectivity index (χ0) is 18.1. The number of carbonyl (C=O) groups excluding carboxylic acids is 1. The van der Waals surface area contributed by atoms with Gasteiger partial charge in [0.2, 0.25) is 0 Å². The fourth-order valence-corrected chi connectivity index (χ4v) is 3.45. The second kappa shape index (κ2) is 6.83. The second-order valence-corrected chi connectivity index (χ2v) is 6.50. The third-order valence-electron chi connectivity index (χ3n) is 4.74. The van der Waals surface area contributed by atoms with Crippen molar-refractivity contribution >= 4 is 12.2 Å². The average molecular weight is 353 g/mol. The summed E-state index contributed by atoms with van der Waals surface area (Å²) in [4.78, 5) is 27.6. The number of aromatic nitrogens is 1. The summed E-state index contributed by atoms with van der Waals surface area (Å²) in [6.45, 7) is 1.93. The van der Waals surface area contributed by atoms with Crippen LogP contribution >= 0.6 is 0 Å². The number of aryl methyl sites for hydroxylation is 1. The van der Waals surface area contributed by atoms with E-state index in [2.05, 4.69) is 10.3 Å². The lowest BCUT2D eigenvalue weighted by atomic mass is 10.0. The van der Waals surface area contributed by atoms with Gasteiger partial charge in [0.15, 0.2) is 0 Å². The van der Waals surface area contributed by atoms with Crippen molar-refractivity contribution in [2.75, 3.05) is 19.6 Å². The molecule has 1 aliphatic heterocycles. The van der Waals surface area contributed by atoms with Gasteiger partial charge in [-0.05, 0) is 36.8 Å². The normalized spacial score (nSPS) is 22.9. The van der Waals surface area contributed by atoms with E-state index in [1.54, 1.807) is 6.92 Å². The lowest BCUT2D eigenvalue weighted by molar-refractivity contribution is 0.0104. The maximum atomic E-state index is 13.9. The van der Waals surface area contributed by atoms with Gasteiger partial charge < -0.3 is 25.2 Å². The molecule has 136 valence electrons. The van der Waals surface area contributed by atoms with Crippen LogP contribution in [0, 0.1) is 18.7 Å². The molecule has 25 heavy (non-hydrogen) atoms. The summed E-state index contributed by atoms with van der Waals surface area (Å²) in [5, 5.41) is 22.0. The van der Waals surface area contributed by atoms with Gasteiger partial charge in [0.05, 0.1) is 19.3 Å². The van der Waals surface area contributed by atoms with Crippen molar-refractivity contribution < 1.29 is 28.9 Å². The molecule has 0 bridgehead atoms. The highest BCUT2D eigenvalue weighted by Crippen LogP contribution is 2.31. The number of carboxylic acid groups (broad SMARTS) is 1. The van der Waals surface area contributed by atoms with Crippen molar-refractivity contribution in [3.8, 4) is 0 Å². The van der Waals surface area contributed by atoms with E-state index in [-0.39, 0.29) is 31.4 Å². The monoisotopic (exact) mass is 353 g/mol. The van der Waals surface area contributed by atoms with Crippen molar-refractivity contribution in [1.82, 2.24) is 15.2 Å². The number of aliphatic hydroxyl groups excluding tert-OH is 1. The Bertz CT molecular complexity index is 668. The third-order valence-corrected chi connectivity index (χ3v) is 4.74. The Morgan fingerprint density at radius 2 is 2.24 bits per heavy atom. The van der Waals surface area contributed by atoms with Crippen LogP contribution in [0.25, 0.3) is 0 Å². The molecule has 2 amide bonds. The van der Waals surface area contributed by atoms with Gasteiger partial charge in [0.25, 0.3) is 0 Å². The van der Waals surface area contributed by atoms with E-state index in [4.69, 9.17) is 4.74 Å². The fraction of sp³-hybridized carbons (Fsp3) is 0.562. The molecule has 1 aromatic heterocycles. The van der Waals surface area contributed by atoms with E-state index in [0.29, 0.717) is 18.4 Å². The number of hydrogen-bond donors (Lipinski definition) is 3. The molecule has 2 unspecified atom stereocenters. The number of carbonyl (C=O) groups is 2. The van der Waals surface area contributed by atoms with Crippen LogP contribution < -0.4 is 5.32 Å². The minimum absolute atomic E-state index is 0.0834. The minimum atomic E-state index is -1.18. The molecule has 2 aliphatic rings. The molecule has 3 atom stereocenters. The average Bonchev–Trinajstić information content (AvgIpc) is 3.17. The summed E-state index contributed by atoms with van der Waals surface area (Å²) < 4.78 is 18.8. The number of aliphatic hydroxyl groups is 1. The summed E-state index contributed by atoms with van der Waals surface area (Å²) in [5.74, 6) is -0.450. The number of ether oxygens (including phenoxy) is 1. The molecule has 1 aromatic rings. The Morgan fingerprint density at radius 3 is 2.84 bits per heavy atom. The van der Waals surface area contributed by atoms with Crippen LogP contribution in [0.15, 0.2) is 6.20 Å². The van der Waals surface area contributed by atoms with Crippen LogP contribution in [0.5, 0.6) is 0 Å². The quantitative estimate of drug-likeness (QED) is 0.718. The number of fused-ring (bicyclic) bond motifs is 1. The Balaban J connectivity index is 1.63. The lowest BCUT2D eigenvalue weighted by Crippen LogP contribution is -2.45. The Morgan fingerprint density at radius 1 is 1.52 bits per heavy atom.